The molecule has 27 heavy (non-hydrogen) atoms. The summed E-state index contributed by atoms with van der Waals surface area (Å²) in [6.07, 6.45) is 3.00. The monoisotopic (exact) mass is 383 g/mol. The molecule has 0 radical (unpaired) electrons. The number of aliphatic hydroxyl groups excluding tert-OH is 1. The molecule has 1 aliphatic rings. The molecule has 1 aromatic carbocycles. The van der Waals surface area contributed by atoms with Gasteiger partial charge < -0.3 is 14.7 Å². The highest BCUT2D eigenvalue weighted by Gasteiger charge is 2.33. The molecule has 1 N–H and O–H groups in total. The highest BCUT2D eigenvalue weighted by molar-refractivity contribution is 7.13. The summed E-state index contributed by atoms with van der Waals surface area (Å²) in [6, 6.07) is 7.70. The summed E-state index contributed by atoms with van der Waals surface area (Å²) >= 11 is 1.40. The van der Waals surface area contributed by atoms with E-state index < -0.39 is 6.10 Å². The van der Waals surface area contributed by atoms with Crippen molar-refractivity contribution < 1.29 is 14.6 Å². The van der Waals surface area contributed by atoms with E-state index in [2.05, 4.69) is 9.97 Å². The topological polar surface area (TPSA) is 75.6 Å². The average molecular weight is 383 g/mol. The third kappa shape index (κ3) is 3.52. The van der Waals surface area contributed by atoms with Crippen molar-refractivity contribution in [1.82, 2.24) is 14.9 Å². The summed E-state index contributed by atoms with van der Waals surface area (Å²) in [6.45, 7) is 4.54. The Labute approximate surface area is 161 Å². The van der Waals surface area contributed by atoms with Gasteiger partial charge in [0, 0.05) is 36.1 Å². The van der Waals surface area contributed by atoms with Crippen LogP contribution in [0.3, 0.4) is 0 Å². The first-order valence-corrected chi connectivity index (χ1v) is 9.75. The molecule has 1 saturated heterocycles. The number of nitrogens with zero attached hydrogens (tertiary/aromatic N) is 3. The van der Waals surface area contributed by atoms with Crippen molar-refractivity contribution in [3.8, 4) is 5.75 Å². The zero-order valence-electron chi connectivity index (χ0n) is 15.3. The second-order valence-electron chi connectivity index (χ2n) is 6.76. The van der Waals surface area contributed by atoms with Crippen LogP contribution in [0.1, 0.15) is 26.8 Å². The highest BCUT2D eigenvalue weighted by Crippen LogP contribution is 2.28. The Morgan fingerprint density at radius 3 is 2.93 bits per heavy atom. The number of hydrogen-bond acceptors (Lipinski definition) is 6. The van der Waals surface area contributed by atoms with Gasteiger partial charge in [-0.25, -0.2) is 4.98 Å². The molecule has 0 unspecified atom stereocenters. The second kappa shape index (κ2) is 7.25. The molecule has 2 atom stereocenters. The average Bonchev–Trinajstić information content (AvgIpc) is 3.01. The summed E-state index contributed by atoms with van der Waals surface area (Å²) in [5, 5.41) is 13.4. The van der Waals surface area contributed by atoms with Crippen LogP contribution in [0.15, 0.2) is 36.7 Å². The van der Waals surface area contributed by atoms with Gasteiger partial charge in [0.15, 0.2) is 0 Å². The fourth-order valence-corrected chi connectivity index (χ4v) is 4.35. The first-order valence-electron chi connectivity index (χ1n) is 8.93. The number of aromatic nitrogens is 2. The standard InChI is InChI=1S/C20H21N3O3S/c1-12-19(27-13(2)22-12)20(25)23-9-7-18(16(24)11-23)26-17-5-3-4-14-10-21-8-6-15(14)17/h3-6,8,10,16,18,24H,7,9,11H2,1-2H3/t16-,18-/m1/s1. The van der Waals surface area contributed by atoms with E-state index in [1.807, 2.05) is 38.1 Å². The molecule has 6 nitrogen and oxygen atoms in total. The lowest BCUT2D eigenvalue weighted by Gasteiger charge is -2.36. The van der Waals surface area contributed by atoms with Crippen LogP contribution in [0, 0.1) is 13.8 Å². The van der Waals surface area contributed by atoms with Crippen LogP contribution in [-0.2, 0) is 0 Å². The molecule has 0 saturated carbocycles. The lowest BCUT2D eigenvalue weighted by atomic mass is 10.0. The van der Waals surface area contributed by atoms with E-state index in [-0.39, 0.29) is 18.6 Å². The van der Waals surface area contributed by atoms with E-state index in [9.17, 15) is 9.90 Å². The number of likely N-dealkylation sites (tertiary alicyclic amines) is 1. The number of fused-ring (bicyclic) bond motifs is 1. The number of thiazole rings is 1. The molecule has 1 aliphatic heterocycles. The van der Waals surface area contributed by atoms with Crippen molar-refractivity contribution in [3.63, 3.8) is 0 Å². The molecular formula is C20H21N3O3S. The van der Waals surface area contributed by atoms with Crippen molar-refractivity contribution in [3.05, 3.63) is 52.2 Å². The molecule has 1 amide bonds. The smallest absolute Gasteiger partial charge is 0.265 e. The maximum Gasteiger partial charge on any atom is 0.265 e. The molecule has 0 bridgehead atoms. The Morgan fingerprint density at radius 2 is 2.19 bits per heavy atom. The van der Waals surface area contributed by atoms with Gasteiger partial charge in [0.1, 0.15) is 22.8 Å². The quantitative estimate of drug-likeness (QED) is 0.753. The van der Waals surface area contributed by atoms with Gasteiger partial charge in [-0.05, 0) is 26.0 Å². The van der Waals surface area contributed by atoms with Crippen molar-refractivity contribution in [2.75, 3.05) is 13.1 Å². The number of benzene rings is 1. The van der Waals surface area contributed by atoms with Crippen molar-refractivity contribution in [2.24, 2.45) is 0 Å². The minimum atomic E-state index is -0.742. The van der Waals surface area contributed by atoms with Gasteiger partial charge in [-0.2, -0.15) is 0 Å². The fraction of sp³-hybridized carbons (Fsp3) is 0.350. The van der Waals surface area contributed by atoms with Gasteiger partial charge in [-0.15, -0.1) is 11.3 Å². The second-order valence-corrected chi connectivity index (χ2v) is 7.97. The van der Waals surface area contributed by atoms with Gasteiger partial charge in [0.05, 0.1) is 17.2 Å². The predicted molar refractivity (Wildman–Crippen MR) is 104 cm³/mol. The third-order valence-electron chi connectivity index (χ3n) is 4.82. The molecule has 1 fully saturated rings. The summed E-state index contributed by atoms with van der Waals surface area (Å²) in [4.78, 5) is 23.6. The van der Waals surface area contributed by atoms with Gasteiger partial charge in [0.2, 0.25) is 0 Å². The Kier molecular flexibility index (Phi) is 4.80. The number of hydrogen-bond donors (Lipinski definition) is 1. The normalized spacial score (nSPS) is 20.0. The predicted octanol–water partition coefficient (Wildman–Crippen LogP) is 2.96. The van der Waals surface area contributed by atoms with E-state index in [1.165, 1.54) is 11.3 Å². The van der Waals surface area contributed by atoms with Gasteiger partial charge in [0.25, 0.3) is 5.91 Å². The van der Waals surface area contributed by atoms with E-state index in [0.717, 1.165) is 27.2 Å². The number of carbonyl (C=O) groups excluding carboxylic acids is 1. The lowest BCUT2D eigenvalue weighted by molar-refractivity contribution is -0.0192. The number of aryl methyl sites for hydroxylation is 2. The van der Waals surface area contributed by atoms with E-state index in [1.54, 1.807) is 17.3 Å². The maximum atomic E-state index is 12.8. The first-order chi connectivity index (χ1) is 13.0. The number of carbonyl (C=O) groups is 1. The van der Waals surface area contributed by atoms with Crippen LogP contribution < -0.4 is 4.74 Å². The van der Waals surface area contributed by atoms with Gasteiger partial charge in [-0.1, -0.05) is 12.1 Å². The van der Waals surface area contributed by atoms with Gasteiger partial charge in [-0.3, -0.25) is 9.78 Å². The number of rotatable bonds is 3. The Hall–Kier alpha value is -2.51. The summed E-state index contributed by atoms with van der Waals surface area (Å²) in [5.74, 6) is 0.666. The molecule has 4 rings (SSSR count). The minimum absolute atomic E-state index is 0.0631. The number of ether oxygens (including phenoxy) is 1. The molecule has 0 spiro atoms. The Bertz CT molecular complexity index is 982. The molecule has 140 valence electrons. The van der Waals surface area contributed by atoms with E-state index >= 15 is 0 Å². The molecule has 0 aliphatic carbocycles. The highest BCUT2D eigenvalue weighted by atomic mass is 32.1. The van der Waals surface area contributed by atoms with Crippen LogP contribution in [0.4, 0.5) is 0 Å². The molecule has 3 heterocycles. The van der Waals surface area contributed by atoms with E-state index in [0.29, 0.717) is 17.8 Å². The van der Waals surface area contributed by atoms with Gasteiger partial charge >= 0.3 is 0 Å². The molecular weight excluding hydrogens is 362 g/mol. The molecule has 2 aromatic heterocycles. The Balaban J connectivity index is 1.47. The number of amides is 1. The first kappa shape index (κ1) is 17.9. The number of β-amino-alcohol motifs (C(OH)–C–C–N with tert-alkyl or cyclic N) is 1. The van der Waals surface area contributed by atoms with Crippen LogP contribution in [-0.4, -0.2) is 51.2 Å². The number of piperidine rings is 1. The minimum Gasteiger partial charge on any atom is -0.487 e. The van der Waals surface area contributed by atoms with E-state index in [4.69, 9.17) is 4.74 Å². The fourth-order valence-electron chi connectivity index (χ4n) is 3.46. The SMILES string of the molecule is Cc1nc(C)c(C(=O)N2CC[C@@H](Oc3cccc4cnccc34)[C@H](O)C2)s1. The Morgan fingerprint density at radius 1 is 1.33 bits per heavy atom. The maximum absolute atomic E-state index is 12.8. The van der Waals surface area contributed by atoms with Crippen molar-refractivity contribution in [1.29, 1.82) is 0 Å². The molecule has 7 heteroatoms. The van der Waals surface area contributed by atoms with Crippen molar-refractivity contribution >= 4 is 28.0 Å². The van der Waals surface area contributed by atoms with Crippen LogP contribution >= 0.6 is 11.3 Å². The van der Waals surface area contributed by atoms with Crippen LogP contribution in [0.25, 0.3) is 10.8 Å². The van der Waals surface area contributed by atoms with Crippen LogP contribution in [0.5, 0.6) is 5.75 Å². The van der Waals surface area contributed by atoms with Crippen LogP contribution in [0.2, 0.25) is 0 Å². The zero-order valence-corrected chi connectivity index (χ0v) is 16.1. The summed E-state index contributed by atoms with van der Waals surface area (Å²) in [7, 11) is 0. The van der Waals surface area contributed by atoms with Crippen molar-refractivity contribution in [2.45, 2.75) is 32.5 Å². The zero-order chi connectivity index (χ0) is 19.0. The third-order valence-corrected chi connectivity index (χ3v) is 5.89. The number of aliphatic hydroxyl groups is 1. The largest absolute Gasteiger partial charge is 0.487 e. The summed E-state index contributed by atoms with van der Waals surface area (Å²) < 4.78 is 6.12. The molecule has 3 aromatic rings. The summed E-state index contributed by atoms with van der Waals surface area (Å²) in [5.41, 5.74) is 0.750. The number of pyridine rings is 1. The lowest BCUT2D eigenvalue weighted by Crippen LogP contribution is -2.51.